The molecule has 1 heterocycles. The minimum atomic E-state index is -1.88. The van der Waals surface area contributed by atoms with Crippen molar-refractivity contribution in [1.29, 1.82) is 0 Å². The van der Waals surface area contributed by atoms with Gasteiger partial charge in [-0.25, -0.2) is 0 Å². The third-order valence-corrected chi connectivity index (χ3v) is 61.1. The summed E-state index contributed by atoms with van der Waals surface area (Å²) in [6.45, 7) is 5.89. The molecular formula is C5H18O3Si5. The summed E-state index contributed by atoms with van der Waals surface area (Å²) < 4.78 is 11.6. The van der Waals surface area contributed by atoms with Gasteiger partial charge in [-0.1, -0.05) is 13.8 Å². The molecule has 1 saturated heterocycles. The number of hydrogen-bond donors (Lipinski definition) is 0. The zero-order chi connectivity index (χ0) is 9.90. The largest absolute Gasteiger partial charge is 0.499 e. The van der Waals surface area contributed by atoms with Crippen LogP contribution in [-0.4, -0.2) is 49.0 Å². The Labute approximate surface area is 88.8 Å². The predicted molar refractivity (Wildman–Crippen MR) is 67.9 cm³/mol. The first-order chi connectivity index (χ1) is 6.07. The summed E-state index contributed by atoms with van der Waals surface area (Å²) in [5.41, 5.74) is 0.511. The average molecular weight is 267 g/mol. The van der Waals surface area contributed by atoms with Gasteiger partial charge in [0, 0.05) is 29.6 Å². The maximum atomic E-state index is 11.0. The van der Waals surface area contributed by atoms with Crippen molar-refractivity contribution in [2.75, 3.05) is 0 Å². The highest BCUT2D eigenvalue weighted by molar-refractivity contribution is 7.60. The van der Waals surface area contributed by atoms with Crippen molar-refractivity contribution >= 4 is 49.0 Å². The van der Waals surface area contributed by atoms with E-state index in [4.69, 9.17) is 8.54 Å². The SMILES string of the molecule is CC(=O)O[Si]1(C(C)C)O[SiH2][SiH2][SiH2][SiH2]1. The first kappa shape index (κ1) is 11.6. The standard InChI is InChI=1S/C5H18O3Si5/c1-4(2)13(7-5(3)6)8-9-10-11-12-13/h4H,9-12H2,1-3H3. The first-order valence-corrected chi connectivity index (χ1v) is 21.7. The van der Waals surface area contributed by atoms with E-state index in [1.807, 2.05) is 0 Å². The lowest BCUT2D eigenvalue weighted by molar-refractivity contribution is -0.133. The molecule has 1 atom stereocenters. The van der Waals surface area contributed by atoms with E-state index in [0.717, 1.165) is 0 Å². The summed E-state index contributed by atoms with van der Waals surface area (Å²) in [6, 6.07) is 0. The fourth-order valence-electron chi connectivity index (χ4n) is 1.69. The predicted octanol–water partition coefficient (Wildman–Crippen LogP) is -2.74. The fraction of sp³-hybridized carbons (Fsp3) is 0.800. The third kappa shape index (κ3) is 2.99. The van der Waals surface area contributed by atoms with Gasteiger partial charge in [-0.3, -0.25) is 4.79 Å². The van der Waals surface area contributed by atoms with E-state index >= 15 is 0 Å². The quantitative estimate of drug-likeness (QED) is 0.509. The maximum Gasteiger partial charge on any atom is 0.357 e. The van der Waals surface area contributed by atoms with Crippen LogP contribution in [0, 0.1) is 0 Å². The highest BCUT2D eigenvalue weighted by Crippen LogP contribution is 2.23. The molecule has 76 valence electrons. The molecule has 0 aromatic heterocycles. The van der Waals surface area contributed by atoms with Gasteiger partial charge in [0.1, 0.15) is 9.28 Å². The van der Waals surface area contributed by atoms with E-state index < -0.39 is 8.08 Å². The van der Waals surface area contributed by atoms with Crippen LogP contribution < -0.4 is 0 Å². The van der Waals surface area contributed by atoms with Crippen molar-refractivity contribution in [1.82, 2.24) is 0 Å². The number of hydrogen-bond acceptors (Lipinski definition) is 3. The van der Waals surface area contributed by atoms with Gasteiger partial charge in [0.2, 0.25) is 0 Å². The summed E-state index contributed by atoms with van der Waals surface area (Å²) in [7, 11) is -1.45. The van der Waals surface area contributed by atoms with E-state index in [-0.39, 0.29) is 23.8 Å². The van der Waals surface area contributed by atoms with E-state index in [0.29, 0.717) is 22.7 Å². The molecule has 0 saturated carbocycles. The fourth-order valence-corrected chi connectivity index (χ4v) is 91.5. The topological polar surface area (TPSA) is 35.5 Å². The highest BCUT2D eigenvalue weighted by Gasteiger charge is 2.44. The molecular weight excluding hydrogens is 248 g/mol. The molecule has 1 rings (SSSR count). The van der Waals surface area contributed by atoms with E-state index in [9.17, 15) is 4.79 Å². The van der Waals surface area contributed by atoms with Crippen LogP contribution in [0.25, 0.3) is 0 Å². The van der Waals surface area contributed by atoms with Gasteiger partial charge in [0.15, 0.2) is 0 Å². The number of carbonyl (C=O) groups is 1. The molecule has 0 aromatic rings. The molecule has 13 heavy (non-hydrogen) atoms. The summed E-state index contributed by atoms with van der Waals surface area (Å²) in [6.07, 6.45) is 0. The lowest BCUT2D eigenvalue weighted by Crippen LogP contribution is -2.60. The zero-order valence-electron chi connectivity index (χ0n) is 8.63. The first-order valence-electron chi connectivity index (χ1n) is 4.90. The lowest BCUT2D eigenvalue weighted by Gasteiger charge is -2.36. The van der Waals surface area contributed by atoms with Crippen molar-refractivity contribution < 1.29 is 13.3 Å². The summed E-state index contributed by atoms with van der Waals surface area (Å²) in [5.74, 6) is -0.0977. The molecule has 0 aromatic carbocycles. The van der Waals surface area contributed by atoms with Crippen molar-refractivity contribution in [3.63, 3.8) is 0 Å². The Morgan fingerprint density at radius 3 is 2.54 bits per heavy atom. The van der Waals surface area contributed by atoms with Crippen LogP contribution in [0.4, 0.5) is 0 Å². The third-order valence-electron chi connectivity index (χ3n) is 2.46. The minimum Gasteiger partial charge on any atom is -0.499 e. The number of rotatable bonds is 2. The molecule has 0 aliphatic carbocycles. The van der Waals surface area contributed by atoms with Crippen LogP contribution in [0.15, 0.2) is 0 Å². The molecule has 1 aliphatic rings. The molecule has 3 nitrogen and oxygen atoms in total. The van der Waals surface area contributed by atoms with E-state index in [2.05, 4.69) is 13.8 Å². The van der Waals surface area contributed by atoms with Crippen molar-refractivity contribution in [2.24, 2.45) is 0 Å². The lowest BCUT2D eigenvalue weighted by atomic mass is 10.6. The molecule has 1 fully saturated rings. The summed E-state index contributed by atoms with van der Waals surface area (Å²) >= 11 is 0. The Kier molecular flexibility index (Phi) is 4.31. The Morgan fingerprint density at radius 2 is 2.15 bits per heavy atom. The number of carbonyl (C=O) groups excluding carboxylic acids is 1. The Morgan fingerprint density at radius 1 is 1.46 bits per heavy atom. The van der Waals surface area contributed by atoms with E-state index in [1.165, 1.54) is 6.92 Å². The zero-order valence-corrected chi connectivity index (χ0v) is 15.3. The summed E-state index contributed by atoms with van der Waals surface area (Å²) in [4.78, 5) is 11.0. The maximum absolute atomic E-state index is 11.0. The van der Waals surface area contributed by atoms with Crippen LogP contribution in [-0.2, 0) is 13.3 Å². The smallest absolute Gasteiger partial charge is 0.357 e. The van der Waals surface area contributed by atoms with Gasteiger partial charge in [-0.05, 0) is 0 Å². The minimum absolute atomic E-state index is 0.0657. The molecule has 1 aliphatic heterocycles. The van der Waals surface area contributed by atoms with Crippen molar-refractivity contribution in [3.05, 3.63) is 0 Å². The molecule has 1 unspecified atom stereocenters. The second-order valence-electron chi connectivity index (χ2n) is 3.87. The molecule has 0 amide bonds. The normalized spacial score (nSPS) is 36.3. The van der Waals surface area contributed by atoms with Gasteiger partial charge in [0.25, 0.3) is 5.97 Å². The van der Waals surface area contributed by atoms with Gasteiger partial charge < -0.3 is 8.54 Å². The van der Waals surface area contributed by atoms with Crippen LogP contribution in [0.1, 0.15) is 20.8 Å². The molecule has 0 bridgehead atoms. The second kappa shape index (κ2) is 4.84. The highest BCUT2D eigenvalue weighted by atomic mass is 29.9. The van der Waals surface area contributed by atoms with Crippen molar-refractivity contribution in [3.8, 4) is 0 Å². The second-order valence-corrected chi connectivity index (χ2v) is 37.5. The Hall–Kier alpha value is 0.514. The van der Waals surface area contributed by atoms with Crippen LogP contribution in [0.3, 0.4) is 0 Å². The monoisotopic (exact) mass is 266 g/mol. The van der Waals surface area contributed by atoms with Gasteiger partial charge in [-0.2, -0.15) is 0 Å². The van der Waals surface area contributed by atoms with Crippen LogP contribution >= 0.6 is 0 Å². The Bertz CT molecular complexity index is 191. The molecule has 0 spiro atoms. The van der Waals surface area contributed by atoms with Crippen molar-refractivity contribution in [2.45, 2.75) is 26.3 Å². The molecule has 0 radical (unpaired) electrons. The van der Waals surface area contributed by atoms with E-state index in [1.54, 1.807) is 0 Å². The molecule has 0 N–H and O–H groups in total. The van der Waals surface area contributed by atoms with Gasteiger partial charge >= 0.3 is 8.08 Å². The molecule has 8 heteroatoms. The van der Waals surface area contributed by atoms with Crippen LogP contribution in [0.5, 0.6) is 0 Å². The Balaban J connectivity index is 2.67. The van der Waals surface area contributed by atoms with Gasteiger partial charge in [-0.15, -0.1) is 0 Å². The van der Waals surface area contributed by atoms with Crippen LogP contribution in [0.2, 0.25) is 5.54 Å². The summed E-state index contributed by atoms with van der Waals surface area (Å²) in [5, 5.41) is 0. The van der Waals surface area contributed by atoms with Gasteiger partial charge in [0.05, 0.1) is 8.55 Å². The average Bonchev–Trinajstić information content (AvgIpc) is 2.04.